The summed E-state index contributed by atoms with van der Waals surface area (Å²) in [5, 5.41) is 4.27. The molecule has 0 unspecified atom stereocenters. The van der Waals surface area contributed by atoms with Crippen molar-refractivity contribution in [2.45, 2.75) is 12.8 Å². The molecule has 33 heavy (non-hydrogen) atoms. The SMILES string of the molecule is Cc1cn(N=Cc2ccc(OC(=O)OCC3c4ccccc4-c4ccccc43)cc2)c(N)n1. The highest BCUT2D eigenvalue weighted by molar-refractivity contribution is 5.80. The fourth-order valence-corrected chi connectivity index (χ4v) is 4.06. The molecule has 3 aromatic carbocycles. The third kappa shape index (κ3) is 4.21. The lowest BCUT2D eigenvalue weighted by Gasteiger charge is -2.14. The molecule has 7 nitrogen and oxygen atoms in total. The molecular formula is C26H22N4O3. The topological polar surface area (TPSA) is 91.7 Å². The van der Waals surface area contributed by atoms with E-state index in [9.17, 15) is 4.79 Å². The summed E-state index contributed by atoms with van der Waals surface area (Å²) in [4.78, 5) is 16.4. The van der Waals surface area contributed by atoms with Crippen LogP contribution in [0.1, 0.15) is 28.3 Å². The summed E-state index contributed by atoms with van der Waals surface area (Å²) in [5.74, 6) is 0.698. The van der Waals surface area contributed by atoms with E-state index >= 15 is 0 Å². The van der Waals surface area contributed by atoms with Crippen molar-refractivity contribution in [3.8, 4) is 16.9 Å². The molecule has 0 spiro atoms. The highest BCUT2D eigenvalue weighted by Gasteiger charge is 2.29. The van der Waals surface area contributed by atoms with Gasteiger partial charge in [-0.3, -0.25) is 0 Å². The van der Waals surface area contributed by atoms with Crippen molar-refractivity contribution < 1.29 is 14.3 Å². The monoisotopic (exact) mass is 438 g/mol. The number of ether oxygens (including phenoxy) is 2. The Morgan fingerprint density at radius 1 is 1.03 bits per heavy atom. The van der Waals surface area contributed by atoms with Crippen LogP contribution in [0.25, 0.3) is 11.1 Å². The van der Waals surface area contributed by atoms with E-state index in [0.717, 1.165) is 22.4 Å². The normalized spacial score (nSPS) is 12.5. The molecule has 2 N–H and O–H groups in total. The van der Waals surface area contributed by atoms with Crippen LogP contribution in [0.2, 0.25) is 0 Å². The van der Waals surface area contributed by atoms with E-state index in [-0.39, 0.29) is 12.5 Å². The molecule has 5 rings (SSSR count). The first-order valence-corrected chi connectivity index (χ1v) is 10.6. The molecule has 4 aromatic rings. The van der Waals surface area contributed by atoms with E-state index in [2.05, 4.69) is 34.4 Å². The number of carbonyl (C=O) groups is 1. The first-order chi connectivity index (χ1) is 16.1. The van der Waals surface area contributed by atoms with Crippen molar-refractivity contribution in [2.75, 3.05) is 12.3 Å². The third-order valence-corrected chi connectivity index (χ3v) is 5.58. The zero-order valence-electron chi connectivity index (χ0n) is 18.0. The van der Waals surface area contributed by atoms with E-state index < -0.39 is 6.16 Å². The van der Waals surface area contributed by atoms with Crippen LogP contribution in [0.3, 0.4) is 0 Å². The van der Waals surface area contributed by atoms with Gasteiger partial charge in [-0.05, 0) is 59.0 Å². The van der Waals surface area contributed by atoms with Crippen LogP contribution in [0.5, 0.6) is 5.75 Å². The third-order valence-electron chi connectivity index (χ3n) is 5.58. The van der Waals surface area contributed by atoms with Gasteiger partial charge in [0.05, 0.1) is 18.1 Å². The van der Waals surface area contributed by atoms with Crippen LogP contribution in [0, 0.1) is 6.92 Å². The van der Waals surface area contributed by atoms with E-state index in [1.54, 1.807) is 36.7 Å². The summed E-state index contributed by atoms with van der Waals surface area (Å²) in [5.41, 5.74) is 12.1. The standard InChI is InChI=1S/C26H22N4O3/c1-17-15-30(25(27)29-17)28-14-18-10-12-19(13-11-18)33-26(31)32-16-24-22-8-4-2-6-20(22)21-7-3-5-9-23(21)24/h2-15,24H,16H2,1H3,(H2,27,29). The van der Waals surface area contributed by atoms with Crippen molar-refractivity contribution in [1.82, 2.24) is 9.66 Å². The Hall–Kier alpha value is -4.39. The molecule has 0 saturated carbocycles. The second-order valence-electron chi connectivity index (χ2n) is 7.79. The second kappa shape index (κ2) is 8.63. The Labute approximate surface area is 191 Å². The number of anilines is 1. The molecule has 0 fully saturated rings. The van der Waals surface area contributed by atoms with E-state index in [4.69, 9.17) is 15.2 Å². The Morgan fingerprint density at radius 3 is 2.27 bits per heavy atom. The maximum atomic E-state index is 12.3. The molecule has 0 amide bonds. The minimum atomic E-state index is -0.736. The molecule has 1 heterocycles. The van der Waals surface area contributed by atoms with Gasteiger partial charge in [0.1, 0.15) is 12.4 Å². The Morgan fingerprint density at radius 2 is 1.67 bits per heavy atom. The highest BCUT2D eigenvalue weighted by atomic mass is 16.7. The number of benzene rings is 3. The molecular weight excluding hydrogens is 416 g/mol. The fraction of sp³-hybridized carbons (Fsp3) is 0.115. The number of aryl methyl sites for hydroxylation is 1. The van der Waals surface area contributed by atoms with Gasteiger partial charge in [0.25, 0.3) is 0 Å². The van der Waals surface area contributed by atoms with Gasteiger partial charge in [-0.15, -0.1) is 0 Å². The molecule has 0 atom stereocenters. The minimum absolute atomic E-state index is 0.0113. The van der Waals surface area contributed by atoms with Crippen LogP contribution in [-0.2, 0) is 4.74 Å². The van der Waals surface area contributed by atoms with Crippen molar-refractivity contribution in [3.05, 3.63) is 101 Å². The second-order valence-corrected chi connectivity index (χ2v) is 7.79. The van der Waals surface area contributed by atoms with E-state index in [1.165, 1.54) is 15.8 Å². The number of hydrogen-bond donors (Lipinski definition) is 1. The number of aromatic nitrogens is 2. The molecule has 0 saturated heterocycles. The van der Waals surface area contributed by atoms with Gasteiger partial charge in [0.15, 0.2) is 0 Å². The number of imidazole rings is 1. The molecule has 0 radical (unpaired) electrons. The van der Waals surface area contributed by atoms with Gasteiger partial charge >= 0.3 is 6.16 Å². The van der Waals surface area contributed by atoms with Gasteiger partial charge in [0, 0.05) is 5.92 Å². The van der Waals surface area contributed by atoms with Crippen LogP contribution in [-0.4, -0.2) is 28.6 Å². The maximum Gasteiger partial charge on any atom is 0.513 e. The summed E-state index contributed by atoms with van der Waals surface area (Å²) in [6.45, 7) is 2.06. The van der Waals surface area contributed by atoms with E-state index in [1.807, 2.05) is 31.2 Å². The lowest BCUT2D eigenvalue weighted by molar-refractivity contribution is 0.0965. The van der Waals surface area contributed by atoms with Gasteiger partial charge < -0.3 is 15.2 Å². The quantitative estimate of drug-likeness (QED) is 0.269. The van der Waals surface area contributed by atoms with E-state index in [0.29, 0.717) is 11.7 Å². The average molecular weight is 438 g/mol. The molecule has 1 aliphatic rings. The van der Waals surface area contributed by atoms with Crippen molar-refractivity contribution in [1.29, 1.82) is 0 Å². The van der Waals surface area contributed by atoms with Gasteiger partial charge in [-0.2, -0.15) is 5.10 Å². The number of fused-ring (bicyclic) bond motifs is 3. The maximum absolute atomic E-state index is 12.3. The largest absolute Gasteiger partial charge is 0.513 e. The van der Waals surface area contributed by atoms with Gasteiger partial charge in [0.2, 0.25) is 5.95 Å². The molecule has 1 aromatic heterocycles. The van der Waals surface area contributed by atoms with Crippen molar-refractivity contribution in [2.24, 2.45) is 5.10 Å². The van der Waals surface area contributed by atoms with Gasteiger partial charge in [-0.25, -0.2) is 14.5 Å². The number of nitrogen functional groups attached to an aromatic ring is 1. The minimum Gasteiger partial charge on any atom is -0.433 e. The first-order valence-electron chi connectivity index (χ1n) is 10.6. The van der Waals surface area contributed by atoms with Crippen molar-refractivity contribution in [3.63, 3.8) is 0 Å². The van der Waals surface area contributed by atoms with Crippen LogP contribution in [0.15, 0.2) is 84.1 Å². The Kier molecular flexibility index (Phi) is 5.36. The van der Waals surface area contributed by atoms with Crippen LogP contribution >= 0.6 is 0 Å². The number of carbonyl (C=O) groups excluding carboxylic acids is 1. The summed E-state index contributed by atoms with van der Waals surface area (Å²) in [6.07, 6.45) is 2.65. The predicted molar refractivity (Wildman–Crippen MR) is 127 cm³/mol. The number of hydrogen-bond acceptors (Lipinski definition) is 6. The lowest BCUT2D eigenvalue weighted by atomic mass is 9.98. The Bertz CT molecular complexity index is 1300. The average Bonchev–Trinajstić information content (AvgIpc) is 3.33. The number of nitrogens with zero attached hydrogens (tertiary/aromatic N) is 3. The Balaban J connectivity index is 1.21. The van der Waals surface area contributed by atoms with Crippen LogP contribution in [0.4, 0.5) is 10.7 Å². The zero-order valence-corrected chi connectivity index (χ0v) is 18.0. The predicted octanol–water partition coefficient (Wildman–Crippen LogP) is 4.98. The molecule has 1 aliphatic carbocycles. The summed E-state index contributed by atoms with van der Waals surface area (Å²) in [6, 6.07) is 23.3. The number of nitrogens with two attached hydrogens (primary N) is 1. The molecule has 7 heteroatoms. The highest BCUT2D eigenvalue weighted by Crippen LogP contribution is 2.44. The lowest BCUT2D eigenvalue weighted by Crippen LogP contribution is -2.15. The number of rotatable bonds is 5. The molecule has 0 bridgehead atoms. The van der Waals surface area contributed by atoms with Crippen molar-refractivity contribution >= 4 is 18.3 Å². The molecule has 0 aliphatic heterocycles. The van der Waals surface area contributed by atoms with Gasteiger partial charge in [-0.1, -0.05) is 48.5 Å². The molecule has 164 valence electrons. The summed E-state index contributed by atoms with van der Waals surface area (Å²) in [7, 11) is 0. The first kappa shape index (κ1) is 20.5. The van der Waals surface area contributed by atoms with Crippen LogP contribution < -0.4 is 10.5 Å². The summed E-state index contributed by atoms with van der Waals surface area (Å²) < 4.78 is 12.3. The fourth-order valence-electron chi connectivity index (χ4n) is 4.06. The summed E-state index contributed by atoms with van der Waals surface area (Å²) >= 11 is 0. The smallest absolute Gasteiger partial charge is 0.433 e. The zero-order chi connectivity index (χ0) is 22.8.